The van der Waals surface area contributed by atoms with Crippen LogP contribution >= 0.6 is 23.8 Å². The molecule has 0 aliphatic rings. The molecule has 0 aliphatic carbocycles. The predicted molar refractivity (Wildman–Crippen MR) is 90.8 cm³/mol. The summed E-state index contributed by atoms with van der Waals surface area (Å²) in [5.74, 6) is 0. The highest BCUT2D eigenvalue weighted by Crippen LogP contribution is 2.23. The molecule has 0 aliphatic heterocycles. The number of anilines is 1. The zero-order valence-electron chi connectivity index (χ0n) is 11.3. The maximum atomic E-state index is 6.19. The third-order valence-corrected chi connectivity index (χ3v) is 3.77. The summed E-state index contributed by atoms with van der Waals surface area (Å²) >= 11 is 11.1. The Morgan fingerprint density at radius 2 is 1.90 bits per heavy atom. The Bertz CT molecular complexity index is 599. The van der Waals surface area contributed by atoms with E-state index in [0.717, 1.165) is 24.2 Å². The first-order valence-corrected chi connectivity index (χ1v) is 7.21. The molecule has 0 spiro atoms. The van der Waals surface area contributed by atoms with E-state index in [9.17, 15) is 0 Å². The second kappa shape index (κ2) is 6.73. The number of halogens is 1. The summed E-state index contributed by atoms with van der Waals surface area (Å²) in [6, 6.07) is 16.2. The minimum absolute atomic E-state index is 0.327. The first-order valence-electron chi connectivity index (χ1n) is 6.42. The fourth-order valence-electron chi connectivity index (χ4n) is 2.01. The molecule has 0 unspecified atom stereocenters. The van der Waals surface area contributed by atoms with Gasteiger partial charge in [0.05, 0.1) is 5.02 Å². The second-order valence-electron chi connectivity index (χ2n) is 4.69. The first-order chi connectivity index (χ1) is 9.58. The van der Waals surface area contributed by atoms with Crippen molar-refractivity contribution < 1.29 is 0 Å². The Morgan fingerprint density at radius 1 is 1.20 bits per heavy atom. The Kier molecular flexibility index (Phi) is 4.99. The average Bonchev–Trinajstić information content (AvgIpc) is 2.45. The van der Waals surface area contributed by atoms with Gasteiger partial charge in [0.15, 0.2) is 0 Å². The lowest BCUT2D eigenvalue weighted by atomic mass is 10.1. The van der Waals surface area contributed by atoms with E-state index in [1.54, 1.807) is 0 Å². The van der Waals surface area contributed by atoms with Crippen molar-refractivity contribution in [1.82, 2.24) is 0 Å². The van der Waals surface area contributed by atoms with Crippen LogP contribution in [0.2, 0.25) is 5.02 Å². The molecule has 0 amide bonds. The molecule has 2 N–H and O–H groups in total. The topological polar surface area (TPSA) is 29.3 Å². The van der Waals surface area contributed by atoms with E-state index in [4.69, 9.17) is 29.6 Å². The highest BCUT2D eigenvalue weighted by atomic mass is 35.5. The van der Waals surface area contributed by atoms with Gasteiger partial charge >= 0.3 is 0 Å². The van der Waals surface area contributed by atoms with Crippen LogP contribution in [-0.2, 0) is 6.42 Å². The molecule has 0 atom stereocenters. The molecule has 2 nitrogen and oxygen atoms in total. The van der Waals surface area contributed by atoms with Crippen LogP contribution in [0.4, 0.5) is 5.69 Å². The molecule has 20 heavy (non-hydrogen) atoms. The summed E-state index contributed by atoms with van der Waals surface area (Å²) in [6.07, 6.45) is 0.992. The molecule has 0 fully saturated rings. The fraction of sp³-hybridized carbons (Fsp3) is 0.188. The van der Waals surface area contributed by atoms with E-state index >= 15 is 0 Å². The van der Waals surface area contributed by atoms with Crippen molar-refractivity contribution in [3.63, 3.8) is 0 Å². The standard InChI is InChI=1S/C16H17ClN2S/c1-19(10-9-12-5-3-2-4-6-12)13-7-8-14(16(18)20)15(17)11-13/h2-8,11H,9-10H2,1H3,(H2,18,20). The summed E-state index contributed by atoms with van der Waals surface area (Å²) in [6.45, 7) is 0.923. The van der Waals surface area contributed by atoms with E-state index in [1.165, 1.54) is 5.56 Å². The molecule has 0 radical (unpaired) electrons. The van der Waals surface area contributed by atoms with Gasteiger partial charge in [-0.05, 0) is 30.2 Å². The maximum absolute atomic E-state index is 6.19. The van der Waals surface area contributed by atoms with Gasteiger partial charge in [-0.1, -0.05) is 54.2 Å². The van der Waals surface area contributed by atoms with Crippen LogP contribution in [0, 0.1) is 0 Å². The van der Waals surface area contributed by atoms with E-state index in [1.807, 2.05) is 24.3 Å². The Labute approximate surface area is 130 Å². The third kappa shape index (κ3) is 3.71. The normalized spacial score (nSPS) is 10.3. The molecular formula is C16H17ClN2S. The zero-order valence-corrected chi connectivity index (χ0v) is 12.9. The van der Waals surface area contributed by atoms with Gasteiger partial charge in [0.2, 0.25) is 0 Å². The van der Waals surface area contributed by atoms with Gasteiger partial charge in [0, 0.05) is 24.8 Å². The molecule has 0 aromatic heterocycles. The van der Waals surface area contributed by atoms with E-state index < -0.39 is 0 Å². The van der Waals surface area contributed by atoms with Gasteiger partial charge in [-0.3, -0.25) is 0 Å². The van der Waals surface area contributed by atoms with Crippen LogP contribution in [0.5, 0.6) is 0 Å². The van der Waals surface area contributed by atoms with E-state index in [2.05, 4.69) is 36.2 Å². The van der Waals surface area contributed by atoms with Gasteiger partial charge < -0.3 is 10.6 Å². The first kappa shape index (κ1) is 14.8. The van der Waals surface area contributed by atoms with Crippen LogP contribution in [0.25, 0.3) is 0 Å². The lowest BCUT2D eigenvalue weighted by Gasteiger charge is -2.20. The fourth-order valence-corrected chi connectivity index (χ4v) is 2.52. The van der Waals surface area contributed by atoms with Crippen LogP contribution in [0.1, 0.15) is 11.1 Å². The summed E-state index contributed by atoms with van der Waals surface area (Å²) in [5.41, 5.74) is 8.72. The SMILES string of the molecule is CN(CCc1ccccc1)c1ccc(C(N)=S)c(Cl)c1. The lowest BCUT2D eigenvalue weighted by molar-refractivity contribution is 0.877. The second-order valence-corrected chi connectivity index (χ2v) is 5.53. The van der Waals surface area contributed by atoms with Crippen molar-refractivity contribution in [2.24, 2.45) is 5.73 Å². The minimum atomic E-state index is 0.327. The van der Waals surface area contributed by atoms with Crippen molar-refractivity contribution >= 4 is 34.5 Å². The lowest BCUT2D eigenvalue weighted by Crippen LogP contribution is -2.20. The Morgan fingerprint density at radius 3 is 2.50 bits per heavy atom. The molecule has 0 saturated heterocycles. The summed E-state index contributed by atoms with van der Waals surface area (Å²) in [7, 11) is 2.05. The van der Waals surface area contributed by atoms with E-state index in [0.29, 0.717) is 10.0 Å². The molecule has 2 aromatic carbocycles. The number of nitrogens with zero attached hydrogens (tertiary/aromatic N) is 1. The molecule has 104 valence electrons. The predicted octanol–water partition coefficient (Wildman–Crippen LogP) is 3.65. The van der Waals surface area contributed by atoms with Crippen molar-refractivity contribution in [1.29, 1.82) is 0 Å². The van der Waals surface area contributed by atoms with Crippen LogP contribution in [0.15, 0.2) is 48.5 Å². The van der Waals surface area contributed by atoms with Gasteiger partial charge in [-0.25, -0.2) is 0 Å². The van der Waals surface area contributed by atoms with Crippen LogP contribution < -0.4 is 10.6 Å². The molecule has 0 bridgehead atoms. The molecule has 0 saturated carbocycles. The summed E-state index contributed by atoms with van der Waals surface area (Å²) in [5, 5.41) is 0.599. The smallest absolute Gasteiger partial charge is 0.105 e. The third-order valence-electron chi connectivity index (χ3n) is 3.24. The summed E-state index contributed by atoms with van der Waals surface area (Å²) < 4.78 is 0. The zero-order chi connectivity index (χ0) is 14.5. The highest BCUT2D eigenvalue weighted by Gasteiger charge is 2.07. The number of nitrogens with two attached hydrogens (primary N) is 1. The number of benzene rings is 2. The Hall–Kier alpha value is -1.58. The van der Waals surface area contributed by atoms with Crippen LogP contribution in [-0.4, -0.2) is 18.6 Å². The van der Waals surface area contributed by atoms with Crippen molar-refractivity contribution in [3.8, 4) is 0 Å². The van der Waals surface area contributed by atoms with Gasteiger partial charge in [0.25, 0.3) is 0 Å². The molecule has 0 heterocycles. The molecule has 2 rings (SSSR count). The minimum Gasteiger partial charge on any atom is -0.389 e. The van der Waals surface area contributed by atoms with E-state index in [-0.39, 0.29) is 0 Å². The van der Waals surface area contributed by atoms with Gasteiger partial charge in [-0.15, -0.1) is 0 Å². The quantitative estimate of drug-likeness (QED) is 0.855. The highest BCUT2D eigenvalue weighted by molar-refractivity contribution is 7.80. The van der Waals surface area contributed by atoms with Crippen molar-refractivity contribution in [2.45, 2.75) is 6.42 Å². The monoisotopic (exact) mass is 304 g/mol. The van der Waals surface area contributed by atoms with Crippen LogP contribution in [0.3, 0.4) is 0 Å². The largest absolute Gasteiger partial charge is 0.389 e. The van der Waals surface area contributed by atoms with Gasteiger partial charge in [-0.2, -0.15) is 0 Å². The Balaban J connectivity index is 2.04. The number of rotatable bonds is 5. The number of hydrogen-bond donors (Lipinski definition) is 1. The number of likely N-dealkylation sites (N-methyl/N-ethyl adjacent to an activating group) is 1. The molecular weight excluding hydrogens is 288 g/mol. The molecule has 4 heteroatoms. The molecule has 2 aromatic rings. The number of hydrogen-bond acceptors (Lipinski definition) is 2. The van der Waals surface area contributed by atoms with Gasteiger partial charge in [0.1, 0.15) is 4.99 Å². The maximum Gasteiger partial charge on any atom is 0.105 e. The number of thiocarbonyl (C=S) groups is 1. The van der Waals surface area contributed by atoms with Crippen molar-refractivity contribution in [2.75, 3.05) is 18.5 Å². The van der Waals surface area contributed by atoms with Crippen molar-refractivity contribution in [3.05, 3.63) is 64.7 Å². The summed E-state index contributed by atoms with van der Waals surface area (Å²) in [4.78, 5) is 2.50. The average molecular weight is 305 g/mol.